The number of rotatable bonds is 9. The maximum atomic E-state index is 14.6. The van der Waals surface area contributed by atoms with Gasteiger partial charge in [0.25, 0.3) is 0 Å². The molecule has 7 nitrogen and oxygen atoms in total. The summed E-state index contributed by atoms with van der Waals surface area (Å²) in [6.45, 7) is 3.84. The van der Waals surface area contributed by atoms with Crippen LogP contribution in [-0.2, 0) is 9.59 Å². The van der Waals surface area contributed by atoms with Gasteiger partial charge in [0, 0.05) is 25.3 Å². The number of nitrogens with zero attached hydrogens (tertiary/aromatic N) is 4. The van der Waals surface area contributed by atoms with Crippen molar-refractivity contribution in [3.63, 3.8) is 0 Å². The summed E-state index contributed by atoms with van der Waals surface area (Å²) in [6, 6.07) is 15.9. The van der Waals surface area contributed by atoms with E-state index in [1.807, 2.05) is 30.3 Å². The van der Waals surface area contributed by atoms with Gasteiger partial charge in [-0.2, -0.15) is 0 Å². The predicted molar refractivity (Wildman–Crippen MR) is 135 cm³/mol. The Bertz CT molecular complexity index is 1150. The van der Waals surface area contributed by atoms with Gasteiger partial charge in [0.1, 0.15) is 5.82 Å². The number of piperidine rings is 1. The molecule has 1 saturated heterocycles. The molecule has 1 aliphatic rings. The van der Waals surface area contributed by atoms with Crippen LogP contribution in [0.25, 0.3) is 17.1 Å². The maximum Gasteiger partial charge on any atom is 0.233 e. The number of nitrogens with one attached hydrogen (secondary N) is 1. The highest BCUT2D eigenvalue weighted by Gasteiger charge is 2.28. The Balaban J connectivity index is 1.47. The van der Waals surface area contributed by atoms with E-state index < -0.39 is 0 Å². The molecule has 184 valence electrons. The van der Waals surface area contributed by atoms with E-state index in [1.165, 1.54) is 17.8 Å². The molecule has 0 spiro atoms. The van der Waals surface area contributed by atoms with Crippen LogP contribution in [0.5, 0.6) is 0 Å². The lowest BCUT2D eigenvalue weighted by atomic mass is 9.97. The van der Waals surface area contributed by atoms with Gasteiger partial charge in [-0.15, -0.1) is 10.2 Å². The Kier molecular flexibility index (Phi) is 8.52. The first kappa shape index (κ1) is 24.9. The van der Waals surface area contributed by atoms with Gasteiger partial charge >= 0.3 is 0 Å². The number of benzene rings is 2. The van der Waals surface area contributed by atoms with Crippen LogP contribution >= 0.6 is 11.8 Å². The van der Waals surface area contributed by atoms with E-state index in [0.717, 1.165) is 31.4 Å². The molecule has 0 aliphatic carbocycles. The van der Waals surface area contributed by atoms with Gasteiger partial charge in [-0.3, -0.25) is 14.2 Å². The lowest BCUT2D eigenvalue weighted by molar-refractivity contribution is -0.133. The van der Waals surface area contributed by atoms with E-state index in [4.69, 9.17) is 0 Å². The molecular formula is C26H30FN5O2S. The van der Waals surface area contributed by atoms with Crippen LogP contribution in [0.3, 0.4) is 0 Å². The molecule has 2 amide bonds. The molecule has 0 saturated carbocycles. The van der Waals surface area contributed by atoms with Gasteiger partial charge in [-0.25, -0.2) is 4.39 Å². The number of thioether (sulfide) groups is 1. The standard InChI is InChI=1S/C26H30FN5O2S/c1-2-3-15-28-25(34)19-10-9-16-31(17-19)23(33)18-35-26-30-29-24(21-13-7-8-14-22(21)27)32(26)20-11-5-4-6-12-20/h4-8,11-14,19H,2-3,9-10,15-18H2,1H3,(H,28,34). The molecule has 1 aliphatic heterocycles. The third-order valence-electron chi connectivity index (χ3n) is 6.06. The number of carbonyl (C=O) groups excluding carboxylic acids is 2. The van der Waals surface area contributed by atoms with Crippen LogP contribution in [0.4, 0.5) is 4.39 Å². The van der Waals surface area contributed by atoms with Crippen LogP contribution < -0.4 is 5.32 Å². The first-order chi connectivity index (χ1) is 17.1. The van der Waals surface area contributed by atoms with Crippen LogP contribution in [0.2, 0.25) is 0 Å². The smallest absolute Gasteiger partial charge is 0.233 e. The zero-order valence-corrected chi connectivity index (χ0v) is 20.6. The molecule has 1 aromatic heterocycles. The average molecular weight is 496 g/mol. The van der Waals surface area contributed by atoms with Crippen molar-refractivity contribution in [2.24, 2.45) is 5.92 Å². The van der Waals surface area contributed by atoms with Crippen LogP contribution in [0.1, 0.15) is 32.6 Å². The second-order valence-corrected chi connectivity index (χ2v) is 9.51. The monoisotopic (exact) mass is 495 g/mol. The summed E-state index contributed by atoms with van der Waals surface area (Å²) >= 11 is 1.27. The topological polar surface area (TPSA) is 80.1 Å². The van der Waals surface area contributed by atoms with Crippen molar-refractivity contribution >= 4 is 23.6 Å². The fraction of sp³-hybridized carbons (Fsp3) is 0.385. The highest BCUT2D eigenvalue weighted by Crippen LogP contribution is 2.29. The first-order valence-corrected chi connectivity index (χ1v) is 13.0. The molecule has 2 aromatic carbocycles. The number of aromatic nitrogens is 3. The van der Waals surface area contributed by atoms with Gasteiger partial charge in [-0.1, -0.05) is 55.4 Å². The molecule has 3 aromatic rings. The number of para-hydroxylation sites is 1. The summed E-state index contributed by atoms with van der Waals surface area (Å²) in [6.07, 6.45) is 3.58. The summed E-state index contributed by atoms with van der Waals surface area (Å²) in [5.74, 6) is -0.0348. The Hall–Kier alpha value is -3.20. The van der Waals surface area contributed by atoms with E-state index in [1.54, 1.807) is 27.7 Å². The largest absolute Gasteiger partial charge is 0.356 e. The van der Waals surface area contributed by atoms with Crippen molar-refractivity contribution in [1.82, 2.24) is 25.0 Å². The molecule has 0 radical (unpaired) electrons. The third kappa shape index (κ3) is 6.08. The average Bonchev–Trinajstić information content (AvgIpc) is 3.32. The van der Waals surface area contributed by atoms with E-state index in [9.17, 15) is 14.0 Å². The second kappa shape index (κ2) is 12.0. The van der Waals surface area contributed by atoms with Crippen molar-refractivity contribution < 1.29 is 14.0 Å². The molecule has 0 bridgehead atoms. The number of hydrogen-bond acceptors (Lipinski definition) is 5. The highest BCUT2D eigenvalue weighted by atomic mass is 32.2. The third-order valence-corrected chi connectivity index (χ3v) is 6.98. The SMILES string of the molecule is CCCCNC(=O)C1CCCN(C(=O)CSc2nnc(-c3ccccc3F)n2-c2ccccc2)C1. The Morgan fingerprint density at radius 1 is 1.11 bits per heavy atom. The first-order valence-electron chi connectivity index (χ1n) is 12.0. The zero-order valence-electron chi connectivity index (χ0n) is 19.8. The van der Waals surface area contributed by atoms with Crippen LogP contribution in [0.15, 0.2) is 59.8 Å². The lowest BCUT2D eigenvalue weighted by Crippen LogP contribution is -2.46. The zero-order chi connectivity index (χ0) is 24.6. The summed E-state index contributed by atoms with van der Waals surface area (Å²) in [4.78, 5) is 27.3. The van der Waals surface area contributed by atoms with Crippen molar-refractivity contribution in [2.75, 3.05) is 25.4 Å². The number of likely N-dealkylation sites (tertiary alicyclic amines) is 1. The van der Waals surface area contributed by atoms with Crippen molar-refractivity contribution in [1.29, 1.82) is 0 Å². The summed E-state index contributed by atoms with van der Waals surface area (Å²) in [5.41, 5.74) is 1.13. The minimum Gasteiger partial charge on any atom is -0.356 e. The second-order valence-electron chi connectivity index (χ2n) is 8.57. The van der Waals surface area contributed by atoms with Gasteiger partial charge in [0.15, 0.2) is 11.0 Å². The van der Waals surface area contributed by atoms with E-state index in [2.05, 4.69) is 22.4 Å². The molecule has 2 heterocycles. The maximum absolute atomic E-state index is 14.6. The Labute approximate surface area is 209 Å². The van der Waals surface area contributed by atoms with Crippen LogP contribution in [0, 0.1) is 11.7 Å². The molecular weight excluding hydrogens is 465 g/mol. The Morgan fingerprint density at radius 3 is 2.66 bits per heavy atom. The van der Waals surface area contributed by atoms with Crippen molar-refractivity contribution in [2.45, 2.75) is 37.8 Å². The predicted octanol–water partition coefficient (Wildman–Crippen LogP) is 4.32. The van der Waals surface area contributed by atoms with Gasteiger partial charge in [0.05, 0.1) is 17.2 Å². The minimum absolute atomic E-state index is 0.0296. The summed E-state index contributed by atoms with van der Waals surface area (Å²) < 4.78 is 16.3. The number of amides is 2. The molecule has 1 atom stereocenters. The Morgan fingerprint density at radius 2 is 1.89 bits per heavy atom. The van der Waals surface area contributed by atoms with Gasteiger partial charge in [-0.05, 0) is 43.5 Å². The molecule has 9 heteroatoms. The van der Waals surface area contributed by atoms with Crippen molar-refractivity contribution in [3.8, 4) is 17.1 Å². The molecule has 4 rings (SSSR count). The van der Waals surface area contributed by atoms with Gasteiger partial charge < -0.3 is 10.2 Å². The van der Waals surface area contributed by atoms with Crippen LogP contribution in [-0.4, -0.2) is 56.9 Å². The van der Waals surface area contributed by atoms with E-state index in [0.29, 0.717) is 36.2 Å². The lowest BCUT2D eigenvalue weighted by Gasteiger charge is -2.32. The number of halogens is 1. The van der Waals surface area contributed by atoms with Gasteiger partial charge in [0.2, 0.25) is 11.8 Å². The number of hydrogen-bond donors (Lipinski definition) is 1. The van der Waals surface area contributed by atoms with Crippen molar-refractivity contribution in [3.05, 3.63) is 60.4 Å². The summed E-state index contributed by atoms with van der Waals surface area (Å²) in [7, 11) is 0. The molecule has 1 N–H and O–H groups in total. The number of carbonyl (C=O) groups is 2. The molecule has 1 fully saturated rings. The number of unbranched alkanes of at least 4 members (excludes halogenated alkanes) is 1. The molecule has 1 unspecified atom stereocenters. The normalized spacial score (nSPS) is 15.7. The summed E-state index contributed by atoms with van der Waals surface area (Å²) in [5, 5.41) is 12.0. The van der Waals surface area contributed by atoms with E-state index >= 15 is 0 Å². The quantitative estimate of drug-likeness (QED) is 0.353. The highest BCUT2D eigenvalue weighted by molar-refractivity contribution is 7.99. The minimum atomic E-state index is -0.388. The fourth-order valence-corrected chi connectivity index (χ4v) is 5.01. The van der Waals surface area contributed by atoms with E-state index in [-0.39, 0.29) is 29.3 Å². The molecule has 35 heavy (non-hydrogen) atoms. The fourth-order valence-electron chi connectivity index (χ4n) is 4.16.